The number of hydrazine groups is 1. The van der Waals surface area contributed by atoms with E-state index in [-0.39, 0.29) is 11.8 Å². The second kappa shape index (κ2) is 7.09. The highest BCUT2D eigenvalue weighted by Crippen LogP contribution is 2.22. The third-order valence-electron chi connectivity index (χ3n) is 2.79. The van der Waals surface area contributed by atoms with Gasteiger partial charge in [-0.2, -0.15) is 0 Å². The Morgan fingerprint density at radius 3 is 2.31 bits per heavy atom. The maximum absolute atomic E-state index is 11.7. The molecule has 0 heterocycles. The number of ether oxygens (including phenoxy) is 1. The molecule has 0 unspecified atom stereocenters. The van der Waals surface area contributed by atoms with Gasteiger partial charge in [-0.1, -0.05) is 25.7 Å². The molecule has 0 aliphatic heterocycles. The number of amides is 2. The minimum atomic E-state index is -0.607. The SMILES string of the molecule is CCOC(=O)NNC(=O)C1CCCCCC1. The van der Waals surface area contributed by atoms with E-state index in [9.17, 15) is 9.59 Å². The maximum atomic E-state index is 11.7. The van der Waals surface area contributed by atoms with Crippen LogP contribution in [-0.2, 0) is 9.53 Å². The zero-order valence-electron chi connectivity index (χ0n) is 9.75. The lowest BCUT2D eigenvalue weighted by molar-refractivity contribution is -0.126. The largest absolute Gasteiger partial charge is 0.449 e. The Kier molecular flexibility index (Phi) is 5.67. The van der Waals surface area contributed by atoms with Crippen LogP contribution in [0.1, 0.15) is 45.4 Å². The average Bonchev–Trinajstić information content (AvgIpc) is 2.55. The second-order valence-corrected chi connectivity index (χ2v) is 4.02. The molecule has 0 aromatic rings. The van der Waals surface area contributed by atoms with Gasteiger partial charge in [0.25, 0.3) is 0 Å². The summed E-state index contributed by atoms with van der Waals surface area (Å²) in [5, 5.41) is 0. The quantitative estimate of drug-likeness (QED) is 0.558. The zero-order valence-corrected chi connectivity index (χ0v) is 9.75. The molecule has 1 rings (SSSR count). The fourth-order valence-corrected chi connectivity index (χ4v) is 1.92. The molecule has 0 radical (unpaired) electrons. The molecular weight excluding hydrogens is 208 g/mol. The van der Waals surface area contributed by atoms with Crippen molar-refractivity contribution in [2.24, 2.45) is 5.92 Å². The van der Waals surface area contributed by atoms with Gasteiger partial charge in [0.1, 0.15) is 0 Å². The summed E-state index contributed by atoms with van der Waals surface area (Å²) in [5.74, 6) is -0.0700. The van der Waals surface area contributed by atoms with Crippen molar-refractivity contribution in [2.45, 2.75) is 45.4 Å². The van der Waals surface area contributed by atoms with Crippen molar-refractivity contribution >= 4 is 12.0 Å². The van der Waals surface area contributed by atoms with Gasteiger partial charge in [0, 0.05) is 5.92 Å². The zero-order chi connectivity index (χ0) is 11.8. The molecule has 0 aromatic heterocycles. The number of carbonyl (C=O) groups excluding carboxylic acids is 2. The molecule has 0 bridgehead atoms. The van der Waals surface area contributed by atoms with Gasteiger partial charge in [0.05, 0.1) is 6.61 Å². The Morgan fingerprint density at radius 2 is 1.75 bits per heavy atom. The van der Waals surface area contributed by atoms with Gasteiger partial charge >= 0.3 is 6.09 Å². The van der Waals surface area contributed by atoms with Crippen LogP contribution in [0.5, 0.6) is 0 Å². The summed E-state index contributed by atoms with van der Waals surface area (Å²) in [6.07, 6.45) is 5.82. The summed E-state index contributed by atoms with van der Waals surface area (Å²) in [4.78, 5) is 22.6. The highest BCUT2D eigenvalue weighted by atomic mass is 16.5. The number of carbonyl (C=O) groups is 2. The van der Waals surface area contributed by atoms with E-state index in [2.05, 4.69) is 15.6 Å². The summed E-state index contributed by atoms with van der Waals surface area (Å²) in [7, 11) is 0. The van der Waals surface area contributed by atoms with Crippen molar-refractivity contribution in [3.8, 4) is 0 Å². The van der Waals surface area contributed by atoms with Crippen molar-refractivity contribution in [3.05, 3.63) is 0 Å². The predicted octanol–water partition coefficient (Wildman–Crippen LogP) is 1.73. The van der Waals surface area contributed by atoms with Crippen molar-refractivity contribution in [3.63, 3.8) is 0 Å². The summed E-state index contributed by atoms with van der Waals surface area (Å²) >= 11 is 0. The molecular formula is C11H20N2O3. The van der Waals surface area contributed by atoms with E-state index in [1.54, 1.807) is 6.92 Å². The van der Waals surface area contributed by atoms with E-state index >= 15 is 0 Å². The molecule has 2 N–H and O–H groups in total. The van der Waals surface area contributed by atoms with E-state index < -0.39 is 6.09 Å². The van der Waals surface area contributed by atoms with E-state index in [0.717, 1.165) is 25.7 Å². The molecule has 5 nitrogen and oxygen atoms in total. The average molecular weight is 228 g/mol. The van der Waals surface area contributed by atoms with Gasteiger partial charge in [0.2, 0.25) is 5.91 Å². The molecule has 0 saturated heterocycles. The first kappa shape index (κ1) is 12.8. The molecule has 1 aliphatic rings. The first-order chi connectivity index (χ1) is 7.74. The van der Waals surface area contributed by atoms with Crippen LogP contribution in [0.4, 0.5) is 4.79 Å². The number of nitrogens with one attached hydrogen (secondary N) is 2. The van der Waals surface area contributed by atoms with Crippen LogP contribution in [-0.4, -0.2) is 18.6 Å². The van der Waals surface area contributed by atoms with Crippen molar-refractivity contribution in [1.29, 1.82) is 0 Å². The van der Waals surface area contributed by atoms with Gasteiger partial charge in [-0.15, -0.1) is 0 Å². The molecule has 0 atom stereocenters. The van der Waals surface area contributed by atoms with Crippen LogP contribution in [0.3, 0.4) is 0 Å². The lowest BCUT2D eigenvalue weighted by Gasteiger charge is -2.14. The smallest absolute Gasteiger partial charge is 0.426 e. The van der Waals surface area contributed by atoms with E-state index in [1.165, 1.54) is 12.8 Å². The van der Waals surface area contributed by atoms with Crippen LogP contribution in [0, 0.1) is 5.92 Å². The van der Waals surface area contributed by atoms with Crippen LogP contribution in [0.15, 0.2) is 0 Å². The van der Waals surface area contributed by atoms with Crippen molar-refractivity contribution in [2.75, 3.05) is 6.61 Å². The lowest BCUT2D eigenvalue weighted by atomic mass is 10.00. The van der Waals surface area contributed by atoms with Crippen LogP contribution >= 0.6 is 0 Å². The molecule has 1 saturated carbocycles. The third-order valence-corrected chi connectivity index (χ3v) is 2.79. The van der Waals surface area contributed by atoms with Gasteiger partial charge in [-0.05, 0) is 19.8 Å². The molecule has 1 aliphatic carbocycles. The van der Waals surface area contributed by atoms with Crippen molar-refractivity contribution < 1.29 is 14.3 Å². The number of hydrogen-bond acceptors (Lipinski definition) is 3. The summed E-state index contributed by atoms with van der Waals surface area (Å²) in [5.41, 5.74) is 4.64. The Bertz CT molecular complexity index is 235. The monoisotopic (exact) mass is 228 g/mol. The summed E-state index contributed by atoms with van der Waals surface area (Å²) in [6, 6.07) is 0. The third kappa shape index (κ3) is 4.51. The molecule has 0 aromatic carbocycles. The minimum absolute atomic E-state index is 0.0319. The highest BCUT2D eigenvalue weighted by Gasteiger charge is 2.20. The number of hydrogen-bond donors (Lipinski definition) is 2. The van der Waals surface area contributed by atoms with Gasteiger partial charge in [-0.25, -0.2) is 10.2 Å². The normalized spacial score (nSPS) is 17.3. The summed E-state index contributed by atoms with van der Waals surface area (Å²) < 4.78 is 4.64. The molecule has 5 heteroatoms. The standard InChI is InChI=1S/C11H20N2O3/c1-2-16-11(15)13-12-10(14)9-7-5-3-4-6-8-9/h9H,2-8H2,1H3,(H,12,14)(H,13,15). The van der Waals surface area contributed by atoms with Crippen LogP contribution in [0.25, 0.3) is 0 Å². The minimum Gasteiger partial charge on any atom is -0.449 e. The fraction of sp³-hybridized carbons (Fsp3) is 0.818. The molecule has 92 valence electrons. The van der Waals surface area contributed by atoms with E-state index in [4.69, 9.17) is 0 Å². The van der Waals surface area contributed by atoms with Crippen LogP contribution < -0.4 is 10.9 Å². The summed E-state index contributed by atoms with van der Waals surface area (Å²) in [6.45, 7) is 2.01. The fourth-order valence-electron chi connectivity index (χ4n) is 1.92. The maximum Gasteiger partial charge on any atom is 0.426 e. The second-order valence-electron chi connectivity index (χ2n) is 4.02. The van der Waals surface area contributed by atoms with Gasteiger partial charge in [0.15, 0.2) is 0 Å². The van der Waals surface area contributed by atoms with Gasteiger partial charge < -0.3 is 4.74 Å². The Morgan fingerprint density at radius 1 is 1.12 bits per heavy atom. The predicted molar refractivity (Wildman–Crippen MR) is 59.5 cm³/mol. The first-order valence-electron chi connectivity index (χ1n) is 5.96. The van der Waals surface area contributed by atoms with Crippen molar-refractivity contribution in [1.82, 2.24) is 10.9 Å². The molecule has 1 fully saturated rings. The molecule has 2 amide bonds. The highest BCUT2D eigenvalue weighted by molar-refractivity contribution is 5.81. The Hall–Kier alpha value is -1.26. The first-order valence-corrected chi connectivity index (χ1v) is 5.96. The van der Waals surface area contributed by atoms with Gasteiger partial charge in [-0.3, -0.25) is 10.2 Å². The Labute approximate surface area is 95.9 Å². The molecule has 0 spiro atoms. The molecule has 16 heavy (non-hydrogen) atoms. The lowest BCUT2D eigenvalue weighted by Crippen LogP contribution is -2.44. The van der Waals surface area contributed by atoms with Crippen LogP contribution in [0.2, 0.25) is 0 Å². The van der Waals surface area contributed by atoms with E-state index in [1.807, 2.05) is 0 Å². The van der Waals surface area contributed by atoms with E-state index in [0.29, 0.717) is 6.61 Å². The topological polar surface area (TPSA) is 67.4 Å². The number of rotatable bonds is 2. The Balaban J connectivity index is 2.25.